The first-order valence-electron chi connectivity index (χ1n) is 5.23. The molecule has 1 aromatic carbocycles. The lowest BCUT2D eigenvalue weighted by atomic mass is 10.2. The molecule has 0 saturated heterocycles. The summed E-state index contributed by atoms with van der Waals surface area (Å²) >= 11 is 13.7. The Morgan fingerprint density at radius 2 is 1.94 bits per heavy atom. The Balaban J connectivity index is 2.18. The topological polar surface area (TPSA) is 51.8 Å². The first kappa shape index (κ1) is 13.5. The molecule has 6 heteroatoms. The molecule has 1 aromatic heterocycles. The van der Waals surface area contributed by atoms with Crippen molar-refractivity contribution in [1.29, 1.82) is 0 Å². The SMILES string of the molecule is Cc1nc(N)nc(SCc2ccccc2Cl)c1Cl. The fourth-order valence-electron chi connectivity index (χ4n) is 1.41. The molecule has 0 amide bonds. The highest BCUT2D eigenvalue weighted by Crippen LogP contribution is 2.31. The largest absolute Gasteiger partial charge is 0.368 e. The van der Waals surface area contributed by atoms with Crippen LogP contribution in [0.4, 0.5) is 5.95 Å². The van der Waals surface area contributed by atoms with Crippen LogP contribution in [-0.4, -0.2) is 9.97 Å². The van der Waals surface area contributed by atoms with E-state index in [2.05, 4.69) is 9.97 Å². The first-order chi connectivity index (χ1) is 8.58. The summed E-state index contributed by atoms with van der Waals surface area (Å²) in [7, 11) is 0. The Morgan fingerprint density at radius 1 is 1.22 bits per heavy atom. The second-order valence-corrected chi connectivity index (χ2v) is 5.42. The minimum Gasteiger partial charge on any atom is -0.368 e. The Morgan fingerprint density at radius 3 is 2.67 bits per heavy atom. The number of benzene rings is 1. The van der Waals surface area contributed by atoms with E-state index in [9.17, 15) is 0 Å². The molecule has 1 heterocycles. The van der Waals surface area contributed by atoms with Gasteiger partial charge < -0.3 is 5.73 Å². The molecule has 2 rings (SSSR count). The predicted octanol–water partition coefficient (Wildman–Crippen LogP) is 3.97. The summed E-state index contributed by atoms with van der Waals surface area (Å²) in [4.78, 5) is 8.13. The summed E-state index contributed by atoms with van der Waals surface area (Å²) in [6, 6.07) is 7.68. The lowest BCUT2D eigenvalue weighted by molar-refractivity contribution is 1.02. The highest BCUT2D eigenvalue weighted by Gasteiger charge is 2.10. The molecular formula is C12H11Cl2N3S. The normalized spacial score (nSPS) is 10.6. The molecule has 18 heavy (non-hydrogen) atoms. The molecule has 0 aliphatic carbocycles. The summed E-state index contributed by atoms with van der Waals surface area (Å²) in [5.74, 6) is 0.925. The van der Waals surface area contributed by atoms with E-state index in [0.29, 0.717) is 21.5 Å². The van der Waals surface area contributed by atoms with Gasteiger partial charge in [0.05, 0.1) is 10.7 Å². The van der Waals surface area contributed by atoms with Crippen LogP contribution in [0.1, 0.15) is 11.3 Å². The van der Waals surface area contributed by atoms with Gasteiger partial charge in [-0.1, -0.05) is 53.2 Å². The zero-order chi connectivity index (χ0) is 13.1. The monoisotopic (exact) mass is 299 g/mol. The number of aryl methyl sites for hydroxylation is 1. The van der Waals surface area contributed by atoms with E-state index >= 15 is 0 Å². The van der Waals surface area contributed by atoms with E-state index in [0.717, 1.165) is 10.6 Å². The summed E-state index contributed by atoms with van der Waals surface area (Å²) in [5.41, 5.74) is 7.33. The average Bonchev–Trinajstić information content (AvgIpc) is 2.33. The van der Waals surface area contributed by atoms with Crippen LogP contribution in [0.15, 0.2) is 29.3 Å². The molecule has 0 spiro atoms. The van der Waals surface area contributed by atoms with Crippen molar-refractivity contribution in [1.82, 2.24) is 9.97 Å². The number of rotatable bonds is 3. The van der Waals surface area contributed by atoms with Crippen molar-refractivity contribution in [3.05, 3.63) is 45.6 Å². The van der Waals surface area contributed by atoms with Crippen molar-refractivity contribution < 1.29 is 0 Å². The van der Waals surface area contributed by atoms with E-state index in [-0.39, 0.29) is 5.95 Å². The van der Waals surface area contributed by atoms with Crippen LogP contribution in [0.25, 0.3) is 0 Å². The smallest absolute Gasteiger partial charge is 0.221 e. The molecule has 2 N–H and O–H groups in total. The number of nitrogen functional groups attached to an aromatic ring is 1. The van der Waals surface area contributed by atoms with Crippen LogP contribution in [0.3, 0.4) is 0 Å². The predicted molar refractivity (Wildman–Crippen MR) is 77.2 cm³/mol. The third kappa shape index (κ3) is 3.07. The van der Waals surface area contributed by atoms with Crippen molar-refractivity contribution in [2.45, 2.75) is 17.7 Å². The number of thioether (sulfide) groups is 1. The summed E-state index contributed by atoms with van der Waals surface area (Å²) < 4.78 is 0. The zero-order valence-electron chi connectivity index (χ0n) is 9.65. The van der Waals surface area contributed by atoms with Gasteiger partial charge in [-0.3, -0.25) is 0 Å². The standard InChI is InChI=1S/C12H11Cl2N3S/c1-7-10(14)11(17-12(15)16-7)18-6-8-4-2-3-5-9(8)13/h2-5H,6H2,1H3,(H2,15,16,17). The summed E-state index contributed by atoms with van der Waals surface area (Å²) in [6.07, 6.45) is 0. The molecule has 94 valence electrons. The third-order valence-electron chi connectivity index (χ3n) is 2.33. The molecule has 0 radical (unpaired) electrons. The summed E-state index contributed by atoms with van der Waals surface area (Å²) in [5, 5.41) is 1.96. The average molecular weight is 300 g/mol. The fourth-order valence-corrected chi connectivity index (χ4v) is 2.92. The van der Waals surface area contributed by atoms with Gasteiger partial charge in [-0.05, 0) is 18.6 Å². The Labute approximate surface area is 120 Å². The number of hydrogen-bond acceptors (Lipinski definition) is 4. The molecule has 2 aromatic rings. The van der Waals surface area contributed by atoms with Crippen molar-refractivity contribution in [3.63, 3.8) is 0 Å². The van der Waals surface area contributed by atoms with Gasteiger partial charge >= 0.3 is 0 Å². The molecule has 0 fully saturated rings. The van der Waals surface area contributed by atoms with Gasteiger partial charge in [0.15, 0.2) is 0 Å². The minimum atomic E-state index is 0.235. The molecule has 0 atom stereocenters. The number of halogens is 2. The van der Waals surface area contributed by atoms with Gasteiger partial charge in [-0.25, -0.2) is 9.97 Å². The molecule has 0 aliphatic heterocycles. The van der Waals surface area contributed by atoms with Crippen LogP contribution >= 0.6 is 35.0 Å². The van der Waals surface area contributed by atoms with E-state index in [1.807, 2.05) is 24.3 Å². The van der Waals surface area contributed by atoms with Crippen LogP contribution in [0, 0.1) is 6.92 Å². The van der Waals surface area contributed by atoms with E-state index < -0.39 is 0 Å². The van der Waals surface area contributed by atoms with Crippen molar-refractivity contribution in [2.24, 2.45) is 0 Å². The van der Waals surface area contributed by atoms with Gasteiger partial charge in [0.1, 0.15) is 5.03 Å². The second kappa shape index (κ2) is 5.78. The van der Waals surface area contributed by atoms with Gasteiger partial charge in [0, 0.05) is 10.8 Å². The van der Waals surface area contributed by atoms with Gasteiger partial charge in [-0.15, -0.1) is 0 Å². The first-order valence-corrected chi connectivity index (χ1v) is 6.98. The molecule has 0 unspecified atom stereocenters. The lowest BCUT2D eigenvalue weighted by Crippen LogP contribution is -1.99. The summed E-state index contributed by atoms with van der Waals surface area (Å²) in [6.45, 7) is 1.81. The van der Waals surface area contributed by atoms with Crippen LogP contribution < -0.4 is 5.73 Å². The van der Waals surface area contributed by atoms with E-state index in [1.54, 1.807) is 6.92 Å². The third-order valence-corrected chi connectivity index (χ3v) is 4.28. The Bertz CT molecular complexity index is 575. The number of anilines is 1. The van der Waals surface area contributed by atoms with E-state index in [1.165, 1.54) is 11.8 Å². The molecule has 0 saturated carbocycles. The highest BCUT2D eigenvalue weighted by atomic mass is 35.5. The highest BCUT2D eigenvalue weighted by molar-refractivity contribution is 7.98. The number of hydrogen-bond donors (Lipinski definition) is 1. The maximum atomic E-state index is 6.14. The molecule has 0 bridgehead atoms. The van der Waals surface area contributed by atoms with Crippen molar-refractivity contribution >= 4 is 40.9 Å². The number of nitrogens with two attached hydrogens (primary N) is 1. The van der Waals surface area contributed by atoms with Crippen molar-refractivity contribution in [3.8, 4) is 0 Å². The molecule has 3 nitrogen and oxygen atoms in total. The minimum absolute atomic E-state index is 0.235. The maximum Gasteiger partial charge on any atom is 0.221 e. The molecule has 0 aliphatic rings. The number of nitrogens with zero attached hydrogens (tertiary/aromatic N) is 2. The maximum absolute atomic E-state index is 6.14. The molecular weight excluding hydrogens is 289 g/mol. The quantitative estimate of drug-likeness (QED) is 0.688. The van der Waals surface area contributed by atoms with Crippen molar-refractivity contribution in [2.75, 3.05) is 5.73 Å². The number of aromatic nitrogens is 2. The fraction of sp³-hybridized carbons (Fsp3) is 0.167. The van der Waals surface area contributed by atoms with Gasteiger partial charge in [-0.2, -0.15) is 0 Å². The van der Waals surface area contributed by atoms with Crippen LogP contribution in [0.5, 0.6) is 0 Å². The van der Waals surface area contributed by atoms with Crippen LogP contribution in [0.2, 0.25) is 10.0 Å². The van der Waals surface area contributed by atoms with Crippen LogP contribution in [-0.2, 0) is 5.75 Å². The second-order valence-electron chi connectivity index (χ2n) is 3.67. The van der Waals surface area contributed by atoms with Gasteiger partial charge in [0.2, 0.25) is 5.95 Å². The van der Waals surface area contributed by atoms with Gasteiger partial charge in [0.25, 0.3) is 0 Å². The zero-order valence-corrected chi connectivity index (χ0v) is 12.0. The Hall–Kier alpha value is -0.970. The Kier molecular flexibility index (Phi) is 4.32. The van der Waals surface area contributed by atoms with E-state index in [4.69, 9.17) is 28.9 Å². The lowest BCUT2D eigenvalue weighted by Gasteiger charge is -2.07.